The van der Waals surface area contributed by atoms with Gasteiger partial charge in [-0.05, 0) is 49.9 Å². The zero-order valence-corrected chi connectivity index (χ0v) is 24.9. The van der Waals surface area contributed by atoms with Crippen LogP contribution >= 0.6 is 0 Å². The highest BCUT2D eigenvalue weighted by Gasteiger charge is 2.46. The van der Waals surface area contributed by atoms with Crippen LogP contribution in [0.4, 0.5) is 14.6 Å². The molecule has 2 fully saturated rings. The van der Waals surface area contributed by atoms with Crippen LogP contribution in [0.15, 0.2) is 53.9 Å². The van der Waals surface area contributed by atoms with E-state index in [0.717, 1.165) is 19.1 Å². The average Bonchev–Trinajstić information content (AvgIpc) is 3.80. The van der Waals surface area contributed by atoms with Crippen LogP contribution in [-0.2, 0) is 9.84 Å². The van der Waals surface area contributed by atoms with E-state index in [0.29, 0.717) is 46.6 Å². The number of nitrogens with two attached hydrogens (primary N) is 1. The van der Waals surface area contributed by atoms with Gasteiger partial charge in [-0.3, -0.25) is 14.9 Å². The van der Waals surface area contributed by atoms with Gasteiger partial charge in [-0.2, -0.15) is 14.7 Å². The van der Waals surface area contributed by atoms with Gasteiger partial charge in [0.05, 0.1) is 17.6 Å². The van der Waals surface area contributed by atoms with Crippen LogP contribution in [0.2, 0.25) is 0 Å². The van der Waals surface area contributed by atoms with Crippen molar-refractivity contribution in [3.8, 4) is 33.9 Å². The number of hydrogen-bond acceptors (Lipinski definition) is 11. The van der Waals surface area contributed by atoms with Gasteiger partial charge in [0.1, 0.15) is 17.0 Å². The number of pyridine rings is 1. The minimum atomic E-state index is -3.82. The summed E-state index contributed by atoms with van der Waals surface area (Å²) in [6, 6.07) is 7.64. The Morgan fingerprint density at radius 2 is 1.78 bits per heavy atom. The third-order valence-electron chi connectivity index (χ3n) is 8.78. The van der Waals surface area contributed by atoms with E-state index < -0.39 is 16.1 Å². The Hall–Kier alpha value is -5.19. The highest BCUT2D eigenvalue weighted by Crippen LogP contribution is 2.46. The lowest BCUT2D eigenvalue weighted by Crippen LogP contribution is -2.46. The summed E-state index contributed by atoms with van der Waals surface area (Å²) in [7, 11) is -3.82. The predicted octanol–water partition coefficient (Wildman–Crippen LogP) is 3.43. The van der Waals surface area contributed by atoms with Crippen molar-refractivity contribution < 1.29 is 31.5 Å². The fourth-order valence-electron chi connectivity index (χ4n) is 6.87. The molecule has 3 aliphatic heterocycles. The average molecular weight is 650 g/mol. The van der Waals surface area contributed by atoms with Crippen molar-refractivity contribution in [1.29, 1.82) is 0 Å². The number of nitrogens with zero attached hydrogens (tertiary/aromatic N) is 7. The number of rotatable bonds is 5. The van der Waals surface area contributed by atoms with Gasteiger partial charge in [-0.25, -0.2) is 18.4 Å². The minimum absolute atomic E-state index is 0.0528. The van der Waals surface area contributed by atoms with E-state index in [-0.39, 0.29) is 51.9 Å². The van der Waals surface area contributed by atoms with E-state index in [1.807, 2.05) is 4.90 Å². The standard InChI is InChI=1S/C29H25F2N9O5S/c1-46(42,43)24-23(16-8-17-4-5-18(9-16)39(17)28(41)26-34-13-35-38-26)37-27-19(12-36-40(27)25(24)32)15-2-6-20(33-11-15)14-3-7-21-22(10-14)45-29(30,31)44-21/h2-3,6-7,10-13,16-18H,4-5,8-9,32H2,1H3,(H,34,35,38)/t16?,17-,18+. The Morgan fingerprint density at radius 1 is 1.04 bits per heavy atom. The number of fused-ring (bicyclic) bond motifs is 4. The van der Waals surface area contributed by atoms with E-state index in [1.54, 1.807) is 24.4 Å². The first-order valence-electron chi connectivity index (χ1n) is 14.4. The molecular weight excluding hydrogens is 624 g/mol. The Labute approximate surface area is 259 Å². The maximum absolute atomic E-state index is 13.5. The molecule has 46 heavy (non-hydrogen) atoms. The second-order valence-corrected chi connectivity index (χ2v) is 13.6. The summed E-state index contributed by atoms with van der Waals surface area (Å²) in [6.45, 7) is 0. The van der Waals surface area contributed by atoms with E-state index in [9.17, 15) is 22.0 Å². The molecule has 4 aromatic heterocycles. The number of piperidine rings is 1. The molecule has 236 valence electrons. The first-order valence-corrected chi connectivity index (χ1v) is 16.3. The van der Waals surface area contributed by atoms with Gasteiger partial charge in [0, 0.05) is 47.1 Å². The molecule has 3 atom stereocenters. The highest BCUT2D eigenvalue weighted by atomic mass is 32.2. The van der Waals surface area contributed by atoms with Gasteiger partial charge >= 0.3 is 6.29 Å². The molecule has 1 aromatic carbocycles. The normalized spacial score (nSPS) is 21.6. The Kier molecular flexibility index (Phi) is 6.09. The third kappa shape index (κ3) is 4.52. The second-order valence-electron chi connectivity index (χ2n) is 11.6. The van der Waals surface area contributed by atoms with Crippen LogP contribution in [0, 0.1) is 0 Å². The number of nitrogen functional groups attached to an aromatic ring is 1. The summed E-state index contributed by atoms with van der Waals surface area (Å²) in [5.74, 6) is -0.559. The number of hydrogen-bond donors (Lipinski definition) is 2. The van der Waals surface area contributed by atoms with Crippen molar-refractivity contribution in [2.24, 2.45) is 0 Å². The van der Waals surface area contributed by atoms with Crippen LogP contribution in [-0.4, -0.2) is 78.6 Å². The fraction of sp³-hybridized carbons (Fsp3) is 0.310. The van der Waals surface area contributed by atoms with Crippen LogP contribution in [0.25, 0.3) is 28.0 Å². The molecule has 0 spiro atoms. The summed E-state index contributed by atoms with van der Waals surface area (Å²) in [4.78, 5) is 28.3. The molecule has 1 unspecified atom stereocenters. The van der Waals surface area contributed by atoms with Crippen molar-refractivity contribution >= 4 is 27.2 Å². The lowest BCUT2D eigenvalue weighted by atomic mass is 9.87. The number of sulfone groups is 1. The first kappa shape index (κ1) is 28.3. The Bertz CT molecular complexity index is 2120. The van der Waals surface area contributed by atoms with Crippen molar-refractivity contribution in [3.05, 3.63) is 60.6 Å². The number of anilines is 1. The van der Waals surface area contributed by atoms with Crippen LogP contribution in [0.5, 0.6) is 11.5 Å². The number of amides is 1. The molecule has 8 rings (SSSR count). The number of carbonyl (C=O) groups excluding carboxylic acids is 1. The summed E-state index contributed by atoms with van der Waals surface area (Å²) in [5.41, 5.74) is 9.43. The number of aromatic nitrogens is 7. The first-order chi connectivity index (χ1) is 22.0. The van der Waals surface area contributed by atoms with Gasteiger partial charge in [0.2, 0.25) is 5.82 Å². The maximum atomic E-state index is 13.5. The molecule has 3 N–H and O–H groups in total. The van der Waals surface area contributed by atoms with E-state index in [2.05, 4.69) is 34.7 Å². The van der Waals surface area contributed by atoms with Crippen molar-refractivity contribution in [2.75, 3.05) is 12.0 Å². The second kappa shape index (κ2) is 9.90. The lowest BCUT2D eigenvalue weighted by molar-refractivity contribution is -0.286. The van der Waals surface area contributed by atoms with E-state index in [4.69, 9.17) is 10.7 Å². The summed E-state index contributed by atoms with van der Waals surface area (Å²) >= 11 is 0. The van der Waals surface area contributed by atoms with Gasteiger partial charge in [-0.1, -0.05) is 6.07 Å². The topological polar surface area (TPSA) is 184 Å². The molecule has 14 nitrogen and oxygen atoms in total. The van der Waals surface area contributed by atoms with Crippen LogP contribution in [0.3, 0.4) is 0 Å². The van der Waals surface area contributed by atoms with Crippen molar-refractivity contribution in [1.82, 2.24) is 39.7 Å². The number of H-pyrrole nitrogens is 1. The smallest absolute Gasteiger partial charge is 0.395 e. The van der Waals surface area contributed by atoms with Crippen molar-refractivity contribution in [2.45, 2.75) is 54.9 Å². The molecule has 2 saturated heterocycles. The molecule has 0 radical (unpaired) electrons. The monoisotopic (exact) mass is 649 g/mol. The van der Waals surface area contributed by atoms with Crippen LogP contribution < -0.4 is 15.2 Å². The van der Waals surface area contributed by atoms with Gasteiger partial charge < -0.3 is 20.1 Å². The molecule has 7 heterocycles. The zero-order valence-electron chi connectivity index (χ0n) is 24.1. The van der Waals surface area contributed by atoms with Crippen LogP contribution in [0.1, 0.15) is 47.9 Å². The Morgan fingerprint density at radius 3 is 2.46 bits per heavy atom. The molecule has 17 heteroatoms. The number of carbonyl (C=O) groups is 1. The number of ether oxygens (including phenoxy) is 2. The molecule has 3 aliphatic rings. The SMILES string of the molecule is CS(=O)(=O)c1c(C2C[C@H]3CC[C@@H](C2)N3C(=O)c2ncn[nH]2)nc2c(-c3ccc(-c4ccc5c(c4)OC(F)(F)O5)nc3)cnn2c1N. The number of halogens is 2. The molecule has 1 amide bonds. The maximum Gasteiger partial charge on any atom is 0.586 e. The van der Waals surface area contributed by atoms with Gasteiger partial charge in [0.25, 0.3) is 5.91 Å². The Balaban J connectivity index is 1.15. The van der Waals surface area contributed by atoms with Gasteiger partial charge in [-0.15, -0.1) is 8.78 Å². The summed E-state index contributed by atoms with van der Waals surface area (Å²) < 4.78 is 63.5. The quantitative estimate of drug-likeness (QED) is 0.284. The molecule has 2 bridgehead atoms. The van der Waals surface area contributed by atoms with E-state index >= 15 is 0 Å². The summed E-state index contributed by atoms with van der Waals surface area (Å²) in [6.07, 6.45) is 4.33. The number of aromatic amines is 1. The molecule has 5 aromatic rings. The minimum Gasteiger partial charge on any atom is -0.395 e. The molecule has 0 aliphatic carbocycles. The molecule has 0 saturated carbocycles. The molecular formula is C29H25F2N9O5S. The predicted molar refractivity (Wildman–Crippen MR) is 157 cm³/mol. The lowest BCUT2D eigenvalue weighted by Gasteiger charge is -2.38. The zero-order chi connectivity index (χ0) is 32.0. The fourth-order valence-corrected chi connectivity index (χ4v) is 7.93. The number of nitrogens with one attached hydrogen (secondary N) is 1. The highest BCUT2D eigenvalue weighted by molar-refractivity contribution is 7.91. The van der Waals surface area contributed by atoms with Gasteiger partial charge in [0.15, 0.2) is 27.0 Å². The van der Waals surface area contributed by atoms with Crippen molar-refractivity contribution in [3.63, 3.8) is 0 Å². The number of alkyl halides is 2. The third-order valence-corrected chi connectivity index (χ3v) is 9.94. The van der Waals surface area contributed by atoms with E-state index in [1.165, 1.54) is 29.2 Å². The largest absolute Gasteiger partial charge is 0.586 e. The number of benzene rings is 1. The summed E-state index contributed by atoms with van der Waals surface area (Å²) in [5, 5.41) is 10.8.